The molecule has 4 aromatic carbocycles. The van der Waals surface area contributed by atoms with Crippen LogP contribution in [0.15, 0.2) is 129 Å². The average Bonchev–Trinajstić information content (AvgIpc) is 3.00. The van der Waals surface area contributed by atoms with Crippen LogP contribution in [0.2, 0.25) is 0 Å². The van der Waals surface area contributed by atoms with Crippen LogP contribution in [0.25, 0.3) is 11.1 Å². The van der Waals surface area contributed by atoms with Gasteiger partial charge in [-0.05, 0) is 112 Å². The summed E-state index contributed by atoms with van der Waals surface area (Å²) in [6, 6.07) is 37.7. The lowest BCUT2D eigenvalue weighted by atomic mass is 9.72. The second-order valence-corrected chi connectivity index (χ2v) is 15.2. The summed E-state index contributed by atoms with van der Waals surface area (Å²) < 4.78 is 13.6. The molecular formula is C37H31I3O3. The number of benzene rings is 4. The van der Waals surface area contributed by atoms with E-state index in [9.17, 15) is 4.79 Å². The number of halogens is 3. The summed E-state index contributed by atoms with van der Waals surface area (Å²) in [6.07, 6.45) is 1.18. The van der Waals surface area contributed by atoms with E-state index in [1.54, 1.807) is 0 Å². The van der Waals surface area contributed by atoms with Crippen molar-refractivity contribution in [2.24, 2.45) is 0 Å². The molecule has 218 valence electrons. The zero-order valence-electron chi connectivity index (χ0n) is 24.1. The van der Waals surface area contributed by atoms with Crippen LogP contribution in [0, 0.1) is 0 Å². The molecule has 0 bridgehead atoms. The number of ether oxygens (including phenoxy) is 2. The third kappa shape index (κ3) is 6.81. The molecule has 6 heteroatoms. The van der Waals surface area contributed by atoms with Gasteiger partial charge in [0.15, 0.2) is 0 Å². The van der Waals surface area contributed by atoms with Gasteiger partial charge < -0.3 is 9.47 Å². The molecule has 43 heavy (non-hydrogen) atoms. The van der Waals surface area contributed by atoms with Crippen LogP contribution in [0.1, 0.15) is 48.9 Å². The Hall–Kier alpha value is -2.44. The van der Waals surface area contributed by atoms with Gasteiger partial charge in [-0.2, -0.15) is 0 Å². The lowest BCUT2D eigenvalue weighted by Gasteiger charge is -2.43. The Morgan fingerprint density at radius 3 is 1.86 bits per heavy atom. The van der Waals surface area contributed by atoms with Crippen molar-refractivity contribution in [3.8, 4) is 11.5 Å². The molecule has 0 heterocycles. The fraction of sp³-hybridized carbons (Fsp3) is 0.162. The van der Waals surface area contributed by atoms with Gasteiger partial charge in [0.25, 0.3) is 0 Å². The molecule has 4 aromatic rings. The highest BCUT2D eigenvalue weighted by Gasteiger charge is 2.48. The number of carbonyl (C=O) groups is 1. The monoisotopic (exact) mass is 904 g/mol. The van der Waals surface area contributed by atoms with E-state index < -0.39 is 9.39 Å². The lowest BCUT2D eigenvalue weighted by Crippen LogP contribution is -2.32. The van der Waals surface area contributed by atoms with E-state index in [2.05, 4.69) is 192 Å². The number of rotatable bonds is 7. The molecule has 0 saturated carbocycles. The summed E-state index contributed by atoms with van der Waals surface area (Å²) in [7, 11) is 0. The zero-order valence-corrected chi connectivity index (χ0v) is 30.6. The Morgan fingerprint density at radius 2 is 1.30 bits per heavy atom. The fourth-order valence-corrected chi connectivity index (χ4v) is 9.80. The van der Waals surface area contributed by atoms with E-state index in [4.69, 9.17) is 9.47 Å². The smallest absolute Gasteiger partial charge is 0.335 e. The number of carbonyl (C=O) groups excluding carboxylic acids is 1. The largest absolute Gasteiger partial charge is 0.488 e. The maximum atomic E-state index is 11.8. The molecule has 1 aliphatic rings. The van der Waals surface area contributed by atoms with Crippen LogP contribution in [0.4, 0.5) is 0 Å². The first-order valence-corrected chi connectivity index (χ1v) is 17.1. The Kier molecular flexibility index (Phi) is 9.87. The number of hydrogen-bond donors (Lipinski definition) is 0. The van der Waals surface area contributed by atoms with Crippen molar-refractivity contribution < 1.29 is 14.3 Å². The molecule has 0 spiro atoms. The minimum atomic E-state index is -0.472. The minimum absolute atomic E-state index is 0.00499. The summed E-state index contributed by atoms with van der Waals surface area (Å²) >= 11 is 7.81. The first kappa shape index (κ1) is 32.0. The van der Waals surface area contributed by atoms with Crippen LogP contribution >= 0.6 is 67.8 Å². The van der Waals surface area contributed by atoms with Gasteiger partial charge in [-0.25, -0.2) is 4.79 Å². The Morgan fingerprint density at radius 1 is 0.767 bits per heavy atom. The van der Waals surface area contributed by atoms with Gasteiger partial charge in [-0.1, -0.05) is 114 Å². The normalized spacial score (nSPS) is 18.8. The van der Waals surface area contributed by atoms with Gasteiger partial charge in [-0.15, -0.1) is 0 Å². The zero-order chi connectivity index (χ0) is 30.8. The predicted molar refractivity (Wildman–Crippen MR) is 202 cm³/mol. The molecule has 0 aliphatic heterocycles. The Labute approximate surface area is 294 Å². The quantitative estimate of drug-likeness (QED) is 0.0609. The molecule has 3 nitrogen and oxygen atoms in total. The van der Waals surface area contributed by atoms with Crippen LogP contribution in [-0.2, 0) is 8.22 Å². The summed E-state index contributed by atoms with van der Waals surface area (Å²) in [4.78, 5) is 11.8. The number of esters is 1. The van der Waals surface area contributed by atoms with E-state index in [1.165, 1.54) is 35.5 Å². The first-order chi connectivity index (χ1) is 20.5. The van der Waals surface area contributed by atoms with E-state index in [0.717, 1.165) is 16.9 Å². The first-order valence-electron chi connectivity index (χ1n) is 13.9. The molecule has 2 unspecified atom stereocenters. The maximum Gasteiger partial charge on any atom is 0.335 e. The highest BCUT2D eigenvalue weighted by Crippen LogP contribution is 2.64. The van der Waals surface area contributed by atoms with E-state index in [-0.39, 0.29) is 11.5 Å². The van der Waals surface area contributed by atoms with E-state index >= 15 is 0 Å². The second kappa shape index (κ2) is 13.3. The van der Waals surface area contributed by atoms with E-state index in [0.29, 0.717) is 5.75 Å². The fourth-order valence-electron chi connectivity index (χ4n) is 5.29. The molecule has 5 rings (SSSR count). The second-order valence-electron chi connectivity index (χ2n) is 11.2. The maximum absolute atomic E-state index is 11.8. The number of alkyl halides is 1. The SMILES string of the molecule is C=CC(=O)Oc1ccc(C2C(I)=C(c3ccccc3)C(c3ccc(OC(C)(C)C)cc3)=C(I)C2(I)c2ccccc2)cc1. The molecule has 0 fully saturated rings. The number of hydrogen-bond acceptors (Lipinski definition) is 3. The van der Waals surface area contributed by atoms with Crippen LogP contribution in [0.5, 0.6) is 11.5 Å². The molecule has 2 atom stereocenters. The summed E-state index contributed by atoms with van der Waals surface area (Å²) in [5.41, 5.74) is 6.81. The van der Waals surface area contributed by atoms with Crippen LogP contribution in [0.3, 0.4) is 0 Å². The van der Waals surface area contributed by atoms with Crippen molar-refractivity contribution in [3.63, 3.8) is 0 Å². The minimum Gasteiger partial charge on any atom is -0.488 e. The van der Waals surface area contributed by atoms with Crippen molar-refractivity contribution in [1.29, 1.82) is 0 Å². The lowest BCUT2D eigenvalue weighted by molar-refractivity contribution is -0.128. The van der Waals surface area contributed by atoms with Crippen molar-refractivity contribution in [2.45, 2.75) is 35.7 Å². The van der Waals surface area contributed by atoms with Crippen molar-refractivity contribution in [3.05, 3.63) is 151 Å². The summed E-state index contributed by atoms with van der Waals surface area (Å²) in [5.74, 6) is 0.866. The van der Waals surface area contributed by atoms with Gasteiger partial charge in [0, 0.05) is 30.3 Å². The summed E-state index contributed by atoms with van der Waals surface area (Å²) in [6.45, 7) is 9.70. The standard InChI is InChI=1S/C37H31I3O3/c1-5-30(41)42-28-20-18-26(19-21-28)33-34(38)31(24-12-8-6-9-13-24)32(25-16-22-29(23-17-25)43-36(2,3)4)35(39)37(33,40)27-14-10-7-11-15-27/h5-23,33H,1H2,2-4H3. The molecule has 0 aromatic heterocycles. The highest BCUT2D eigenvalue weighted by atomic mass is 127. The van der Waals surface area contributed by atoms with Gasteiger partial charge >= 0.3 is 5.97 Å². The predicted octanol–water partition coefficient (Wildman–Crippen LogP) is 11.1. The Bertz CT molecular complexity index is 1680. The van der Waals surface area contributed by atoms with Gasteiger partial charge in [-0.3, -0.25) is 0 Å². The summed E-state index contributed by atoms with van der Waals surface area (Å²) in [5, 5.41) is 0. The number of allylic oxidation sites excluding steroid dienone is 4. The molecule has 0 amide bonds. The molecule has 0 N–H and O–H groups in total. The molecule has 0 radical (unpaired) electrons. The third-order valence-corrected chi connectivity index (χ3v) is 12.5. The van der Waals surface area contributed by atoms with Gasteiger partial charge in [0.1, 0.15) is 17.1 Å². The van der Waals surface area contributed by atoms with Gasteiger partial charge in [0.2, 0.25) is 0 Å². The molecule has 1 aliphatic carbocycles. The Balaban J connectivity index is 1.75. The molecular weight excluding hydrogens is 873 g/mol. The third-order valence-electron chi connectivity index (χ3n) is 7.10. The topological polar surface area (TPSA) is 35.5 Å². The van der Waals surface area contributed by atoms with Crippen molar-refractivity contribution in [1.82, 2.24) is 0 Å². The van der Waals surface area contributed by atoms with Crippen molar-refractivity contribution >= 4 is 84.9 Å². The van der Waals surface area contributed by atoms with Crippen molar-refractivity contribution in [2.75, 3.05) is 0 Å². The highest BCUT2D eigenvalue weighted by molar-refractivity contribution is 14.1. The molecule has 0 saturated heterocycles. The van der Waals surface area contributed by atoms with Crippen LogP contribution in [-0.4, -0.2) is 11.6 Å². The van der Waals surface area contributed by atoms with Crippen LogP contribution < -0.4 is 9.47 Å². The van der Waals surface area contributed by atoms with Gasteiger partial charge in [0.05, 0.1) is 3.42 Å². The average molecular weight is 904 g/mol. The van der Waals surface area contributed by atoms with E-state index in [1.807, 2.05) is 12.1 Å².